The lowest BCUT2D eigenvalue weighted by atomic mass is 9.94. The maximum Gasteiger partial charge on any atom is 0.0587 e. The van der Waals surface area contributed by atoms with Crippen molar-refractivity contribution in [2.45, 2.75) is 116 Å². The Bertz CT molecular complexity index is 206. The molecule has 0 heterocycles. The summed E-state index contributed by atoms with van der Waals surface area (Å²) < 4.78 is 0. The van der Waals surface area contributed by atoms with E-state index in [0.717, 1.165) is 19.3 Å². The highest BCUT2D eigenvalue weighted by Gasteiger charge is 2.15. The fourth-order valence-electron chi connectivity index (χ4n) is 3.16. The van der Waals surface area contributed by atoms with Crippen LogP contribution in [0.1, 0.15) is 110 Å². The Balaban J connectivity index is 3.20. The maximum atomic E-state index is 9.75. The van der Waals surface area contributed by atoms with E-state index in [0.29, 0.717) is 0 Å². The Labute approximate surface area is 139 Å². The molecular formula is C20H42O2. The standard InChI is InChI=1S/C20H42O2/c1-3-5-6-7-8-9-10-11-12-13-14-15-16-17-19(18-21)20(22)4-2/h19-22H,3-18H2,1-2H3. The van der Waals surface area contributed by atoms with Crippen LogP contribution in [-0.2, 0) is 0 Å². The van der Waals surface area contributed by atoms with Crippen LogP contribution in [0, 0.1) is 5.92 Å². The van der Waals surface area contributed by atoms with Crippen LogP contribution >= 0.6 is 0 Å². The summed E-state index contributed by atoms with van der Waals surface area (Å²) in [6, 6.07) is 0. The van der Waals surface area contributed by atoms with Crippen LogP contribution in [0.3, 0.4) is 0 Å². The Morgan fingerprint density at radius 2 is 1.05 bits per heavy atom. The molecule has 0 spiro atoms. The number of hydrogen-bond donors (Lipinski definition) is 2. The van der Waals surface area contributed by atoms with E-state index in [-0.39, 0.29) is 18.6 Å². The summed E-state index contributed by atoms with van der Waals surface area (Å²) >= 11 is 0. The second kappa shape index (κ2) is 17.3. The highest BCUT2D eigenvalue weighted by Crippen LogP contribution is 2.17. The largest absolute Gasteiger partial charge is 0.396 e. The van der Waals surface area contributed by atoms with Crippen LogP contribution in [0.25, 0.3) is 0 Å². The minimum Gasteiger partial charge on any atom is -0.396 e. The van der Waals surface area contributed by atoms with E-state index in [1.807, 2.05) is 6.92 Å². The topological polar surface area (TPSA) is 40.5 Å². The van der Waals surface area contributed by atoms with Crippen molar-refractivity contribution in [3.8, 4) is 0 Å². The molecule has 0 aromatic rings. The predicted molar refractivity (Wildman–Crippen MR) is 97.2 cm³/mol. The SMILES string of the molecule is CCCCCCCCCCCCCCCC(CO)C(O)CC. The number of aliphatic hydroxyl groups excluding tert-OH is 2. The van der Waals surface area contributed by atoms with Gasteiger partial charge in [-0.2, -0.15) is 0 Å². The van der Waals surface area contributed by atoms with Crippen molar-refractivity contribution in [1.82, 2.24) is 0 Å². The molecule has 0 radical (unpaired) electrons. The molecule has 2 nitrogen and oxygen atoms in total. The Kier molecular flexibility index (Phi) is 17.2. The van der Waals surface area contributed by atoms with Crippen LogP contribution in [0.2, 0.25) is 0 Å². The summed E-state index contributed by atoms with van der Waals surface area (Å²) in [6.45, 7) is 4.39. The molecule has 0 saturated heterocycles. The summed E-state index contributed by atoms with van der Waals surface area (Å²) in [6.07, 6.45) is 19.2. The molecule has 0 bridgehead atoms. The van der Waals surface area contributed by atoms with Crippen molar-refractivity contribution >= 4 is 0 Å². The Morgan fingerprint density at radius 3 is 1.41 bits per heavy atom. The van der Waals surface area contributed by atoms with E-state index >= 15 is 0 Å². The predicted octanol–water partition coefficient (Wildman–Crippen LogP) is 5.85. The third-order valence-electron chi connectivity index (χ3n) is 4.88. The number of aliphatic hydroxyl groups is 2. The third-order valence-corrected chi connectivity index (χ3v) is 4.88. The number of unbranched alkanes of at least 4 members (excludes halogenated alkanes) is 12. The van der Waals surface area contributed by atoms with E-state index in [9.17, 15) is 10.2 Å². The first-order valence-electron chi connectivity index (χ1n) is 10.0. The van der Waals surface area contributed by atoms with E-state index in [2.05, 4.69) is 6.92 Å². The zero-order valence-corrected chi connectivity index (χ0v) is 15.4. The minimum absolute atomic E-state index is 0.0951. The Hall–Kier alpha value is -0.0800. The van der Waals surface area contributed by atoms with Gasteiger partial charge >= 0.3 is 0 Å². The van der Waals surface area contributed by atoms with Gasteiger partial charge in [-0.15, -0.1) is 0 Å². The zero-order valence-electron chi connectivity index (χ0n) is 15.4. The van der Waals surface area contributed by atoms with Gasteiger partial charge in [0.25, 0.3) is 0 Å². The smallest absolute Gasteiger partial charge is 0.0587 e. The molecule has 2 atom stereocenters. The molecule has 0 aromatic carbocycles. The highest BCUT2D eigenvalue weighted by molar-refractivity contribution is 4.66. The zero-order chi connectivity index (χ0) is 16.5. The van der Waals surface area contributed by atoms with E-state index in [4.69, 9.17) is 0 Å². The molecule has 2 heteroatoms. The van der Waals surface area contributed by atoms with Crippen molar-refractivity contribution in [2.75, 3.05) is 6.61 Å². The maximum absolute atomic E-state index is 9.75. The molecule has 0 amide bonds. The summed E-state index contributed by atoms with van der Waals surface area (Å²) in [5, 5.41) is 19.0. The molecule has 0 aliphatic heterocycles. The highest BCUT2D eigenvalue weighted by atomic mass is 16.3. The fraction of sp³-hybridized carbons (Fsp3) is 1.00. The first-order valence-corrected chi connectivity index (χ1v) is 10.0. The van der Waals surface area contributed by atoms with Crippen LogP contribution < -0.4 is 0 Å². The van der Waals surface area contributed by atoms with Gasteiger partial charge in [0.2, 0.25) is 0 Å². The third kappa shape index (κ3) is 13.6. The molecule has 2 unspecified atom stereocenters. The van der Waals surface area contributed by atoms with Crippen molar-refractivity contribution in [1.29, 1.82) is 0 Å². The van der Waals surface area contributed by atoms with Gasteiger partial charge in [-0.05, 0) is 12.8 Å². The lowest BCUT2D eigenvalue weighted by Gasteiger charge is -2.19. The average Bonchev–Trinajstić information content (AvgIpc) is 2.54. The van der Waals surface area contributed by atoms with Crippen LogP contribution in [0.5, 0.6) is 0 Å². The normalized spacial score (nSPS) is 14.2. The van der Waals surface area contributed by atoms with Crippen LogP contribution in [-0.4, -0.2) is 22.9 Å². The van der Waals surface area contributed by atoms with Gasteiger partial charge in [0.05, 0.1) is 6.10 Å². The molecule has 22 heavy (non-hydrogen) atoms. The summed E-state index contributed by atoms with van der Waals surface area (Å²) in [5.74, 6) is 0.0951. The first kappa shape index (κ1) is 21.9. The minimum atomic E-state index is -0.317. The van der Waals surface area contributed by atoms with Gasteiger partial charge < -0.3 is 10.2 Å². The second-order valence-corrected chi connectivity index (χ2v) is 6.95. The lowest BCUT2D eigenvalue weighted by Crippen LogP contribution is -2.22. The quantitative estimate of drug-likeness (QED) is 0.331. The summed E-state index contributed by atoms with van der Waals surface area (Å²) in [4.78, 5) is 0. The van der Waals surface area contributed by atoms with Crippen molar-refractivity contribution in [3.05, 3.63) is 0 Å². The number of hydrogen-bond acceptors (Lipinski definition) is 2. The summed E-state index contributed by atoms with van der Waals surface area (Å²) in [5.41, 5.74) is 0. The van der Waals surface area contributed by atoms with Gasteiger partial charge in [-0.25, -0.2) is 0 Å². The molecular weight excluding hydrogens is 272 g/mol. The first-order chi connectivity index (χ1) is 10.8. The van der Waals surface area contributed by atoms with Crippen molar-refractivity contribution in [2.24, 2.45) is 5.92 Å². The molecule has 0 fully saturated rings. The van der Waals surface area contributed by atoms with E-state index in [1.54, 1.807) is 0 Å². The second-order valence-electron chi connectivity index (χ2n) is 6.95. The molecule has 0 aliphatic carbocycles. The van der Waals surface area contributed by atoms with E-state index < -0.39 is 0 Å². The lowest BCUT2D eigenvalue weighted by molar-refractivity contribution is 0.0582. The van der Waals surface area contributed by atoms with Crippen LogP contribution in [0.15, 0.2) is 0 Å². The molecule has 0 rings (SSSR count). The molecule has 0 aromatic heterocycles. The fourth-order valence-corrected chi connectivity index (χ4v) is 3.16. The molecule has 2 N–H and O–H groups in total. The van der Waals surface area contributed by atoms with Gasteiger partial charge in [0.15, 0.2) is 0 Å². The van der Waals surface area contributed by atoms with Gasteiger partial charge in [0, 0.05) is 12.5 Å². The monoisotopic (exact) mass is 314 g/mol. The molecule has 0 saturated carbocycles. The Morgan fingerprint density at radius 1 is 0.636 bits per heavy atom. The number of rotatable bonds is 17. The molecule has 0 aliphatic rings. The molecule has 134 valence electrons. The van der Waals surface area contributed by atoms with Gasteiger partial charge in [0.1, 0.15) is 0 Å². The van der Waals surface area contributed by atoms with E-state index in [1.165, 1.54) is 77.0 Å². The van der Waals surface area contributed by atoms with Crippen LogP contribution in [0.4, 0.5) is 0 Å². The van der Waals surface area contributed by atoms with Gasteiger partial charge in [-0.1, -0.05) is 97.3 Å². The summed E-state index contributed by atoms with van der Waals surface area (Å²) in [7, 11) is 0. The van der Waals surface area contributed by atoms with Crippen molar-refractivity contribution in [3.63, 3.8) is 0 Å². The average molecular weight is 315 g/mol. The van der Waals surface area contributed by atoms with Crippen molar-refractivity contribution < 1.29 is 10.2 Å². The van der Waals surface area contributed by atoms with Gasteiger partial charge in [-0.3, -0.25) is 0 Å².